The number of benzene rings is 1. The molecule has 0 aliphatic carbocycles. The van der Waals surface area contributed by atoms with Crippen molar-refractivity contribution in [2.45, 2.75) is 26.3 Å². The molecule has 2 amide bonds. The third-order valence-electron chi connectivity index (χ3n) is 4.67. The number of carbonyl (C=O) groups is 2. The van der Waals surface area contributed by atoms with Crippen LogP contribution < -0.4 is 10.5 Å². The number of carbonyl (C=O) groups excluding carboxylic acids is 2. The van der Waals surface area contributed by atoms with Gasteiger partial charge in [-0.15, -0.1) is 0 Å². The number of likely N-dealkylation sites (tertiary alicyclic amines) is 1. The van der Waals surface area contributed by atoms with Crippen LogP contribution in [0.4, 0.5) is 4.39 Å². The van der Waals surface area contributed by atoms with E-state index in [9.17, 15) is 14.0 Å². The molecule has 0 unspecified atom stereocenters. The molecule has 2 N–H and O–H groups in total. The predicted molar refractivity (Wildman–Crippen MR) is 92.4 cm³/mol. The first kappa shape index (κ1) is 19.2. The molecular weight excluding hydrogens is 325 g/mol. The van der Waals surface area contributed by atoms with E-state index in [1.807, 2.05) is 11.8 Å². The molecule has 1 aliphatic rings. The molecule has 1 saturated heterocycles. The van der Waals surface area contributed by atoms with Gasteiger partial charge in [0, 0.05) is 19.0 Å². The van der Waals surface area contributed by atoms with Crippen molar-refractivity contribution in [1.82, 2.24) is 9.80 Å². The maximum absolute atomic E-state index is 13.8. The van der Waals surface area contributed by atoms with E-state index in [1.54, 1.807) is 17.0 Å². The highest BCUT2D eigenvalue weighted by Gasteiger charge is 2.25. The van der Waals surface area contributed by atoms with E-state index in [0.717, 1.165) is 5.56 Å². The lowest BCUT2D eigenvalue weighted by molar-refractivity contribution is -0.133. The minimum Gasteiger partial charge on any atom is -0.494 e. The van der Waals surface area contributed by atoms with Gasteiger partial charge in [0.25, 0.3) is 0 Å². The molecule has 0 aromatic heterocycles. The van der Waals surface area contributed by atoms with Crippen molar-refractivity contribution in [3.63, 3.8) is 0 Å². The number of piperidine rings is 1. The second kappa shape index (κ2) is 8.80. The van der Waals surface area contributed by atoms with E-state index in [1.165, 1.54) is 13.2 Å². The molecule has 1 heterocycles. The van der Waals surface area contributed by atoms with Crippen LogP contribution in [0.1, 0.15) is 25.3 Å². The molecular formula is C18H26FN3O3. The van der Waals surface area contributed by atoms with Crippen LogP contribution in [0.25, 0.3) is 0 Å². The standard InChI is InChI=1S/C18H26FN3O3/c1-3-22(11-13-4-5-16(25-2)15(19)10-13)17(23)12-21-8-6-14(7-9-21)18(20)24/h4-5,10,14H,3,6-9,11-12H2,1-2H3,(H2,20,24). The van der Waals surface area contributed by atoms with Gasteiger partial charge in [-0.25, -0.2) is 4.39 Å². The quantitative estimate of drug-likeness (QED) is 0.805. The summed E-state index contributed by atoms with van der Waals surface area (Å²) in [4.78, 5) is 27.5. The number of nitrogens with zero attached hydrogens (tertiary/aromatic N) is 2. The van der Waals surface area contributed by atoms with E-state index in [-0.39, 0.29) is 23.5 Å². The first-order valence-corrected chi connectivity index (χ1v) is 8.56. The zero-order valence-corrected chi connectivity index (χ0v) is 14.8. The van der Waals surface area contributed by atoms with Crippen molar-refractivity contribution in [1.29, 1.82) is 0 Å². The second-order valence-corrected chi connectivity index (χ2v) is 6.33. The zero-order valence-electron chi connectivity index (χ0n) is 14.8. The Morgan fingerprint density at radius 2 is 2.04 bits per heavy atom. The van der Waals surface area contributed by atoms with E-state index in [2.05, 4.69) is 0 Å². The molecule has 7 heteroatoms. The fourth-order valence-corrected chi connectivity index (χ4v) is 3.07. The van der Waals surface area contributed by atoms with E-state index in [0.29, 0.717) is 45.6 Å². The van der Waals surface area contributed by atoms with Crippen LogP contribution in [-0.4, -0.2) is 54.9 Å². The Morgan fingerprint density at radius 3 is 2.56 bits per heavy atom. The first-order valence-electron chi connectivity index (χ1n) is 8.56. The van der Waals surface area contributed by atoms with Gasteiger partial charge in [-0.1, -0.05) is 6.07 Å². The Balaban J connectivity index is 1.90. The highest BCUT2D eigenvalue weighted by Crippen LogP contribution is 2.19. The number of hydrogen-bond donors (Lipinski definition) is 1. The van der Waals surface area contributed by atoms with Gasteiger partial charge in [0.1, 0.15) is 0 Å². The van der Waals surface area contributed by atoms with Gasteiger partial charge in [-0.05, 0) is 50.6 Å². The monoisotopic (exact) mass is 351 g/mol. The Hall–Kier alpha value is -2.15. The summed E-state index contributed by atoms with van der Waals surface area (Å²) < 4.78 is 18.7. The van der Waals surface area contributed by atoms with Crippen LogP contribution in [0.5, 0.6) is 5.75 Å². The van der Waals surface area contributed by atoms with E-state index < -0.39 is 5.82 Å². The zero-order chi connectivity index (χ0) is 18.4. The molecule has 0 radical (unpaired) electrons. The lowest BCUT2D eigenvalue weighted by Crippen LogP contribution is -2.44. The Morgan fingerprint density at radius 1 is 1.36 bits per heavy atom. The van der Waals surface area contributed by atoms with Crippen molar-refractivity contribution >= 4 is 11.8 Å². The summed E-state index contributed by atoms with van der Waals surface area (Å²) in [6.45, 7) is 4.48. The topological polar surface area (TPSA) is 75.9 Å². The summed E-state index contributed by atoms with van der Waals surface area (Å²) in [6, 6.07) is 4.72. The molecule has 138 valence electrons. The van der Waals surface area contributed by atoms with Gasteiger partial charge in [0.05, 0.1) is 13.7 Å². The molecule has 1 aromatic carbocycles. The van der Waals surface area contributed by atoms with Crippen molar-refractivity contribution < 1.29 is 18.7 Å². The van der Waals surface area contributed by atoms with Crippen LogP contribution in [0.2, 0.25) is 0 Å². The second-order valence-electron chi connectivity index (χ2n) is 6.33. The van der Waals surface area contributed by atoms with E-state index in [4.69, 9.17) is 10.5 Å². The highest BCUT2D eigenvalue weighted by molar-refractivity contribution is 5.78. The number of halogens is 1. The van der Waals surface area contributed by atoms with Crippen molar-refractivity contribution in [3.05, 3.63) is 29.6 Å². The maximum Gasteiger partial charge on any atom is 0.237 e. The van der Waals surface area contributed by atoms with Gasteiger partial charge >= 0.3 is 0 Å². The number of rotatable bonds is 7. The normalized spacial score (nSPS) is 15.8. The fourth-order valence-electron chi connectivity index (χ4n) is 3.07. The summed E-state index contributed by atoms with van der Waals surface area (Å²) in [7, 11) is 1.42. The number of amides is 2. The Bertz CT molecular complexity index is 616. The van der Waals surface area contributed by atoms with Crippen molar-refractivity contribution in [2.24, 2.45) is 11.7 Å². The Kier molecular flexibility index (Phi) is 6.75. The smallest absolute Gasteiger partial charge is 0.237 e. The average molecular weight is 351 g/mol. The van der Waals surface area contributed by atoms with Crippen molar-refractivity contribution in [3.8, 4) is 5.75 Å². The van der Waals surface area contributed by atoms with Crippen LogP contribution in [0.3, 0.4) is 0 Å². The molecule has 0 bridgehead atoms. The molecule has 1 aromatic rings. The lowest BCUT2D eigenvalue weighted by Gasteiger charge is -2.31. The number of hydrogen-bond acceptors (Lipinski definition) is 4. The molecule has 2 rings (SSSR count). The first-order chi connectivity index (χ1) is 11.9. The summed E-state index contributed by atoms with van der Waals surface area (Å²) in [5.74, 6) is -0.595. The largest absolute Gasteiger partial charge is 0.494 e. The SMILES string of the molecule is CCN(Cc1ccc(OC)c(F)c1)C(=O)CN1CCC(C(N)=O)CC1. The molecule has 0 atom stereocenters. The molecule has 0 saturated carbocycles. The van der Waals surface area contributed by atoms with Gasteiger partial charge in [-0.3, -0.25) is 14.5 Å². The van der Waals surface area contributed by atoms with E-state index >= 15 is 0 Å². The van der Waals surface area contributed by atoms with Crippen LogP contribution in [0, 0.1) is 11.7 Å². The molecule has 0 spiro atoms. The summed E-state index contributed by atoms with van der Waals surface area (Å²) in [6.07, 6.45) is 1.39. The molecule has 25 heavy (non-hydrogen) atoms. The minimum atomic E-state index is -0.433. The van der Waals surface area contributed by atoms with Crippen LogP contribution in [0.15, 0.2) is 18.2 Å². The molecule has 6 nitrogen and oxygen atoms in total. The van der Waals surface area contributed by atoms with Gasteiger partial charge in [-0.2, -0.15) is 0 Å². The highest BCUT2D eigenvalue weighted by atomic mass is 19.1. The average Bonchev–Trinajstić information content (AvgIpc) is 2.60. The fraction of sp³-hybridized carbons (Fsp3) is 0.556. The van der Waals surface area contributed by atoms with Gasteiger partial charge in [0.2, 0.25) is 11.8 Å². The minimum absolute atomic E-state index is 0.00347. The Labute approximate surface area is 147 Å². The van der Waals surface area contributed by atoms with Crippen LogP contribution >= 0.6 is 0 Å². The summed E-state index contributed by atoms with van der Waals surface area (Å²) >= 11 is 0. The predicted octanol–water partition coefficient (Wildman–Crippen LogP) is 1.38. The molecule has 1 aliphatic heterocycles. The third kappa shape index (κ3) is 5.16. The number of likely N-dealkylation sites (N-methyl/N-ethyl adjacent to an activating group) is 1. The number of methoxy groups -OCH3 is 1. The third-order valence-corrected chi connectivity index (χ3v) is 4.67. The van der Waals surface area contributed by atoms with Crippen LogP contribution in [-0.2, 0) is 16.1 Å². The number of ether oxygens (including phenoxy) is 1. The molecule has 1 fully saturated rings. The van der Waals surface area contributed by atoms with Gasteiger partial charge < -0.3 is 15.4 Å². The lowest BCUT2D eigenvalue weighted by atomic mass is 9.96. The number of nitrogens with two attached hydrogens (primary N) is 1. The summed E-state index contributed by atoms with van der Waals surface area (Å²) in [5, 5.41) is 0. The number of primary amides is 1. The van der Waals surface area contributed by atoms with Crippen molar-refractivity contribution in [2.75, 3.05) is 33.3 Å². The maximum atomic E-state index is 13.8. The van der Waals surface area contributed by atoms with Gasteiger partial charge in [0.15, 0.2) is 11.6 Å². The summed E-state index contributed by atoms with van der Waals surface area (Å²) in [5.41, 5.74) is 6.05.